The average Bonchev–Trinajstić information content (AvgIpc) is 3.72. The van der Waals surface area contributed by atoms with Gasteiger partial charge in [0.1, 0.15) is 6.34 Å². The smallest absolute Gasteiger partial charge is 0.254 e. The summed E-state index contributed by atoms with van der Waals surface area (Å²) < 4.78 is 7.92. The highest BCUT2D eigenvalue weighted by atomic mass is 16.5. The van der Waals surface area contributed by atoms with Crippen molar-refractivity contribution >= 4 is 34.9 Å². The quantitative estimate of drug-likeness (QED) is 0.0471. The Morgan fingerprint density at radius 3 is 2.60 bits per heavy atom. The van der Waals surface area contributed by atoms with Gasteiger partial charge < -0.3 is 24.4 Å². The number of rotatable bonds is 14. The Labute approximate surface area is 282 Å². The van der Waals surface area contributed by atoms with Crippen LogP contribution in [0.4, 0.5) is 11.6 Å². The van der Waals surface area contributed by atoms with Gasteiger partial charge in [-0.25, -0.2) is 9.99 Å². The van der Waals surface area contributed by atoms with Gasteiger partial charge >= 0.3 is 0 Å². The Hall–Kier alpha value is -4.61. The molecule has 2 saturated heterocycles. The SMILES string of the molecule is CCOCCn1c(NC2CCN(CCC3(c4ccccc4)CCN(C(=O)c4cc(N(C=N)N=N)ccc4C)C3)CC2)nc2ccccc21. The number of carbonyl (C=O) groups excluding carboxylic acids is 1. The van der Waals surface area contributed by atoms with Crippen LogP contribution in [0.25, 0.3) is 11.0 Å². The number of hydrogen-bond donors (Lipinski definition) is 3. The second-order valence-electron chi connectivity index (χ2n) is 13.0. The van der Waals surface area contributed by atoms with Crippen molar-refractivity contribution in [3.05, 3.63) is 89.5 Å². The number of hydrogen-bond acceptors (Lipinski definition) is 8. The van der Waals surface area contributed by atoms with Gasteiger partial charge in [0.05, 0.1) is 23.3 Å². The number of nitrogens with one attached hydrogen (secondary N) is 3. The minimum Gasteiger partial charge on any atom is -0.380 e. The molecule has 11 heteroatoms. The van der Waals surface area contributed by atoms with Crippen molar-refractivity contribution in [2.75, 3.05) is 56.3 Å². The number of para-hydroxylation sites is 2. The fraction of sp³-hybridized carbons (Fsp3) is 0.432. The van der Waals surface area contributed by atoms with Gasteiger partial charge in [-0.3, -0.25) is 10.2 Å². The van der Waals surface area contributed by atoms with Gasteiger partial charge in [-0.05, 0) is 81.5 Å². The maximum Gasteiger partial charge on any atom is 0.254 e. The first-order valence-corrected chi connectivity index (χ1v) is 17.1. The number of imidazole rings is 1. The number of anilines is 2. The van der Waals surface area contributed by atoms with Gasteiger partial charge in [0, 0.05) is 56.4 Å². The largest absolute Gasteiger partial charge is 0.380 e. The van der Waals surface area contributed by atoms with E-state index in [0.29, 0.717) is 43.6 Å². The molecular weight excluding hydrogens is 602 g/mol. The molecule has 252 valence electrons. The predicted octanol–water partition coefficient (Wildman–Crippen LogP) is 6.49. The molecule has 1 unspecified atom stereocenters. The van der Waals surface area contributed by atoms with E-state index in [4.69, 9.17) is 20.7 Å². The number of benzene rings is 3. The predicted molar refractivity (Wildman–Crippen MR) is 190 cm³/mol. The molecule has 2 fully saturated rings. The average molecular weight is 650 g/mol. The maximum absolute atomic E-state index is 13.9. The molecule has 0 radical (unpaired) electrons. The monoisotopic (exact) mass is 649 g/mol. The summed E-state index contributed by atoms with van der Waals surface area (Å²) in [5.41, 5.74) is 12.7. The lowest BCUT2D eigenvalue weighted by Gasteiger charge is -2.36. The number of likely N-dealkylation sites (tertiary alicyclic amines) is 2. The van der Waals surface area contributed by atoms with E-state index in [-0.39, 0.29) is 11.3 Å². The molecule has 3 N–H and O–H groups in total. The number of carbonyl (C=O) groups is 1. The maximum atomic E-state index is 13.9. The Morgan fingerprint density at radius 2 is 1.85 bits per heavy atom. The molecule has 3 heterocycles. The van der Waals surface area contributed by atoms with E-state index in [1.165, 1.54) is 5.56 Å². The Balaban J connectivity index is 1.10. The summed E-state index contributed by atoms with van der Waals surface area (Å²) in [7, 11) is 0. The summed E-state index contributed by atoms with van der Waals surface area (Å²) >= 11 is 0. The van der Waals surface area contributed by atoms with Crippen molar-refractivity contribution < 1.29 is 9.53 Å². The molecule has 2 aliphatic rings. The number of fused-ring (bicyclic) bond motifs is 1. The zero-order valence-corrected chi connectivity index (χ0v) is 28.1. The second-order valence-corrected chi connectivity index (χ2v) is 13.0. The molecule has 3 aromatic carbocycles. The highest BCUT2D eigenvalue weighted by Crippen LogP contribution is 2.39. The van der Waals surface area contributed by atoms with Crippen LogP contribution in [0.15, 0.2) is 78.0 Å². The van der Waals surface area contributed by atoms with E-state index in [9.17, 15) is 4.79 Å². The third-order valence-corrected chi connectivity index (χ3v) is 10.1. The number of piperidine rings is 1. The van der Waals surface area contributed by atoms with Gasteiger partial charge in [0.15, 0.2) is 0 Å². The third kappa shape index (κ3) is 7.12. The lowest BCUT2D eigenvalue weighted by Crippen LogP contribution is -2.42. The summed E-state index contributed by atoms with van der Waals surface area (Å²) in [6, 6.07) is 24.7. The highest BCUT2D eigenvalue weighted by Gasteiger charge is 2.42. The molecule has 0 spiro atoms. The Morgan fingerprint density at radius 1 is 1.08 bits per heavy atom. The minimum atomic E-state index is -0.125. The fourth-order valence-electron chi connectivity index (χ4n) is 7.30. The number of aryl methyl sites for hydroxylation is 1. The first kappa shape index (κ1) is 33.3. The molecule has 6 rings (SSSR count). The highest BCUT2D eigenvalue weighted by molar-refractivity contribution is 5.97. The van der Waals surface area contributed by atoms with Gasteiger partial charge in [0.2, 0.25) is 5.95 Å². The molecule has 0 aliphatic carbocycles. The molecule has 1 aromatic heterocycles. The molecule has 4 aromatic rings. The first-order valence-electron chi connectivity index (χ1n) is 17.1. The standard InChI is InChI=1S/C37H47N9O2/c1-3-48-24-23-45-34-12-8-7-11-33(34)41-36(45)40-30-15-19-43(20-16-30)21-17-37(29-9-5-4-6-10-29)18-22-44(26-37)35(47)32-25-31(14-13-28(32)2)46(27-38)42-39/h4-14,25,27,30,38-39H,3,15-24,26H2,1-2H3,(H,40,41). The Kier molecular flexibility index (Phi) is 10.5. The number of nitrogens with zero attached hydrogens (tertiary/aromatic N) is 6. The van der Waals surface area contributed by atoms with Gasteiger partial charge in [0.25, 0.3) is 5.91 Å². The van der Waals surface area contributed by atoms with Crippen LogP contribution in [-0.4, -0.2) is 83.6 Å². The lowest BCUT2D eigenvalue weighted by molar-refractivity contribution is 0.0779. The van der Waals surface area contributed by atoms with Crippen molar-refractivity contribution in [1.29, 1.82) is 10.9 Å². The van der Waals surface area contributed by atoms with E-state index in [1.807, 2.05) is 30.9 Å². The minimum absolute atomic E-state index is 0.0127. The Bertz CT molecular complexity index is 1710. The van der Waals surface area contributed by atoms with Crippen molar-refractivity contribution in [3.63, 3.8) is 0 Å². The van der Waals surface area contributed by atoms with Crippen molar-refractivity contribution in [1.82, 2.24) is 19.4 Å². The summed E-state index contributed by atoms with van der Waals surface area (Å²) in [4.78, 5) is 23.4. The van der Waals surface area contributed by atoms with Crippen LogP contribution >= 0.6 is 0 Å². The second kappa shape index (κ2) is 15.1. The summed E-state index contributed by atoms with van der Waals surface area (Å²) in [6.07, 6.45) is 4.95. The molecule has 11 nitrogen and oxygen atoms in total. The summed E-state index contributed by atoms with van der Waals surface area (Å²) in [6.45, 7) is 10.4. The lowest BCUT2D eigenvalue weighted by atomic mass is 9.76. The summed E-state index contributed by atoms with van der Waals surface area (Å²) in [5.74, 6) is 0.912. The number of ether oxygens (including phenoxy) is 1. The molecule has 2 aliphatic heterocycles. The molecule has 0 bridgehead atoms. The molecule has 48 heavy (non-hydrogen) atoms. The van der Waals surface area contributed by atoms with Crippen LogP contribution in [0, 0.1) is 17.9 Å². The van der Waals surface area contributed by atoms with E-state index in [1.54, 1.807) is 12.1 Å². The topological polar surface area (TPSA) is 126 Å². The van der Waals surface area contributed by atoms with Crippen molar-refractivity contribution in [2.45, 2.75) is 57.5 Å². The van der Waals surface area contributed by atoms with Crippen LogP contribution in [-0.2, 0) is 16.7 Å². The zero-order valence-electron chi connectivity index (χ0n) is 28.1. The van der Waals surface area contributed by atoms with E-state index < -0.39 is 0 Å². The van der Waals surface area contributed by atoms with Crippen LogP contribution in [0.1, 0.15) is 54.1 Å². The van der Waals surface area contributed by atoms with Gasteiger partial charge in [-0.15, -0.1) is 0 Å². The van der Waals surface area contributed by atoms with E-state index in [2.05, 4.69) is 68.5 Å². The van der Waals surface area contributed by atoms with Crippen molar-refractivity contribution in [3.8, 4) is 0 Å². The van der Waals surface area contributed by atoms with Gasteiger partial charge in [-0.1, -0.05) is 53.8 Å². The van der Waals surface area contributed by atoms with Crippen LogP contribution in [0.3, 0.4) is 0 Å². The fourth-order valence-corrected chi connectivity index (χ4v) is 7.30. The van der Waals surface area contributed by atoms with Crippen LogP contribution in [0.2, 0.25) is 0 Å². The molecule has 0 saturated carbocycles. The van der Waals surface area contributed by atoms with Gasteiger partial charge in [-0.2, -0.15) is 5.53 Å². The third-order valence-electron chi connectivity index (χ3n) is 10.1. The van der Waals surface area contributed by atoms with Crippen LogP contribution < -0.4 is 10.3 Å². The van der Waals surface area contributed by atoms with E-state index in [0.717, 1.165) is 85.8 Å². The molecule has 1 atom stereocenters. The van der Waals surface area contributed by atoms with Crippen LogP contribution in [0.5, 0.6) is 0 Å². The molecule has 1 amide bonds. The summed E-state index contributed by atoms with van der Waals surface area (Å²) in [5, 5.41) is 15.9. The molecular formula is C37H47N9O2. The first-order chi connectivity index (χ1) is 23.4. The van der Waals surface area contributed by atoms with E-state index >= 15 is 0 Å². The normalized spacial score (nSPS) is 18.7. The number of aromatic nitrogens is 2. The number of amides is 1. The van der Waals surface area contributed by atoms with Crippen molar-refractivity contribution in [2.24, 2.45) is 5.22 Å². The zero-order chi connectivity index (χ0) is 33.5.